The Hall–Kier alpha value is -3.07. The number of hydrogen-bond donors (Lipinski definition) is 0. The fraction of sp³-hybridized carbons (Fsp3) is 0.188. The Labute approximate surface area is 127 Å². The number of nitriles is 1. The number of ether oxygens (including phenoxy) is 2. The second kappa shape index (κ2) is 6.59. The van der Waals surface area contributed by atoms with Crippen LogP contribution in [0.2, 0.25) is 0 Å². The van der Waals surface area contributed by atoms with Crippen molar-refractivity contribution in [3.63, 3.8) is 0 Å². The van der Waals surface area contributed by atoms with Gasteiger partial charge in [-0.15, -0.1) is 0 Å². The molecule has 0 aliphatic rings. The molecule has 0 saturated heterocycles. The van der Waals surface area contributed by atoms with Crippen LogP contribution in [0, 0.1) is 21.4 Å². The predicted molar refractivity (Wildman–Crippen MR) is 80.8 cm³/mol. The van der Waals surface area contributed by atoms with E-state index in [2.05, 4.69) is 0 Å². The summed E-state index contributed by atoms with van der Waals surface area (Å²) in [5.41, 5.74) is 1.26. The minimum Gasteiger partial charge on any atom is -0.497 e. The molecule has 0 heterocycles. The molecule has 6 nitrogen and oxygen atoms in total. The van der Waals surface area contributed by atoms with E-state index in [-0.39, 0.29) is 5.69 Å². The minimum atomic E-state index is -0.654. The van der Waals surface area contributed by atoms with Gasteiger partial charge in [-0.3, -0.25) is 10.1 Å². The van der Waals surface area contributed by atoms with Crippen molar-refractivity contribution in [2.24, 2.45) is 0 Å². The predicted octanol–water partition coefficient (Wildman–Crippen LogP) is 3.56. The van der Waals surface area contributed by atoms with Crippen molar-refractivity contribution in [1.82, 2.24) is 0 Å². The standard InChI is InChI=1S/C16H14N2O4/c1-11(10-17)22-16-8-5-13(18(19)20)9-15(16)12-3-6-14(21-2)7-4-12/h3-9,11H,1-2H3/t11-/m1/s1. The molecule has 2 rings (SSSR count). The maximum Gasteiger partial charge on any atom is 0.270 e. The molecular weight excluding hydrogens is 284 g/mol. The summed E-state index contributed by atoms with van der Waals surface area (Å²) >= 11 is 0. The summed E-state index contributed by atoms with van der Waals surface area (Å²) in [4.78, 5) is 10.5. The van der Waals surface area contributed by atoms with Crippen molar-refractivity contribution >= 4 is 5.69 Å². The van der Waals surface area contributed by atoms with E-state index in [9.17, 15) is 10.1 Å². The van der Waals surface area contributed by atoms with Crippen LogP contribution in [0.3, 0.4) is 0 Å². The van der Waals surface area contributed by atoms with E-state index in [1.54, 1.807) is 38.3 Å². The quantitative estimate of drug-likeness (QED) is 0.622. The van der Waals surface area contributed by atoms with Gasteiger partial charge in [-0.05, 0) is 30.7 Å². The molecule has 6 heteroatoms. The van der Waals surface area contributed by atoms with Crippen molar-refractivity contribution in [3.8, 4) is 28.7 Å². The highest BCUT2D eigenvalue weighted by atomic mass is 16.6. The number of rotatable bonds is 5. The summed E-state index contributed by atoms with van der Waals surface area (Å²) in [5.74, 6) is 1.10. The molecule has 0 fully saturated rings. The van der Waals surface area contributed by atoms with E-state index in [0.29, 0.717) is 17.1 Å². The van der Waals surface area contributed by atoms with Gasteiger partial charge in [0.25, 0.3) is 5.69 Å². The van der Waals surface area contributed by atoms with Crippen LogP contribution >= 0.6 is 0 Å². The SMILES string of the molecule is COc1ccc(-c2cc([N+](=O)[O-])ccc2O[C@H](C)C#N)cc1. The smallest absolute Gasteiger partial charge is 0.270 e. The summed E-state index contributed by atoms with van der Waals surface area (Å²) in [5, 5.41) is 19.8. The van der Waals surface area contributed by atoms with Gasteiger partial charge in [0.1, 0.15) is 17.6 Å². The van der Waals surface area contributed by atoms with E-state index in [4.69, 9.17) is 14.7 Å². The molecule has 0 amide bonds. The zero-order valence-corrected chi connectivity index (χ0v) is 12.1. The molecule has 22 heavy (non-hydrogen) atoms. The lowest BCUT2D eigenvalue weighted by Gasteiger charge is -2.13. The summed E-state index contributed by atoms with van der Waals surface area (Å²) in [6, 6.07) is 13.3. The summed E-state index contributed by atoms with van der Waals surface area (Å²) in [6.07, 6.45) is -0.654. The second-order valence-electron chi connectivity index (χ2n) is 4.56. The van der Waals surface area contributed by atoms with Gasteiger partial charge in [0.15, 0.2) is 6.10 Å². The first-order chi connectivity index (χ1) is 10.5. The largest absolute Gasteiger partial charge is 0.497 e. The normalized spacial score (nSPS) is 11.3. The number of hydrogen-bond acceptors (Lipinski definition) is 5. The second-order valence-corrected chi connectivity index (χ2v) is 4.56. The molecule has 0 bridgehead atoms. The van der Waals surface area contributed by atoms with E-state index in [1.165, 1.54) is 18.2 Å². The van der Waals surface area contributed by atoms with Crippen LogP contribution in [-0.4, -0.2) is 18.1 Å². The molecule has 0 aliphatic heterocycles. The lowest BCUT2D eigenvalue weighted by atomic mass is 10.0. The first-order valence-electron chi connectivity index (χ1n) is 6.54. The Morgan fingerprint density at radius 1 is 1.23 bits per heavy atom. The maximum atomic E-state index is 11.0. The van der Waals surface area contributed by atoms with Crippen molar-refractivity contribution < 1.29 is 14.4 Å². The number of nitro benzene ring substituents is 1. The van der Waals surface area contributed by atoms with Crippen LogP contribution in [0.25, 0.3) is 11.1 Å². The number of nitro groups is 1. The third-order valence-electron chi connectivity index (χ3n) is 3.06. The van der Waals surface area contributed by atoms with Gasteiger partial charge in [0.05, 0.1) is 12.0 Å². The third-order valence-corrected chi connectivity index (χ3v) is 3.06. The molecule has 0 saturated carbocycles. The van der Waals surface area contributed by atoms with Gasteiger partial charge in [0.2, 0.25) is 0 Å². The molecule has 0 unspecified atom stereocenters. The lowest BCUT2D eigenvalue weighted by molar-refractivity contribution is -0.384. The Balaban J connectivity index is 2.50. The Morgan fingerprint density at radius 3 is 2.45 bits per heavy atom. The van der Waals surface area contributed by atoms with E-state index in [0.717, 1.165) is 5.56 Å². The molecule has 0 N–H and O–H groups in total. The average Bonchev–Trinajstić information content (AvgIpc) is 2.55. The monoisotopic (exact) mass is 298 g/mol. The highest BCUT2D eigenvalue weighted by Crippen LogP contribution is 2.34. The number of benzene rings is 2. The first-order valence-corrected chi connectivity index (χ1v) is 6.54. The van der Waals surface area contributed by atoms with Crippen molar-refractivity contribution in [3.05, 3.63) is 52.6 Å². The molecule has 2 aromatic carbocycles. The highest BCUT2D eigenvalue weighted by molar-refractivity contribution is 5.73. The van der Waals surface area contributed by atoms with Crippen LogP contribution in [0.5, 0.6) is 11.5 Å². The van der Waals surface area contributed by atoms with Crippen molar-refractivity contribution in [1.29, 1.82) is 5.26 Å². The summed E-state index contributed by atoms with van der Waals surface area (Å²) in [7, 11) is 1.56. The molecule has 112 valence electrons. The van der Waals surface area contributed by atoms with Crippen LogP contribution in [0.15, 0.2) is 42.5 Å². The fourth-order valence-corrected chi connectivity index (χ4v) is 1.95. The number of methoxy groups -OCH3 is 1. The zero-order valence-electron chi connectivity index (χ0n) is 12.1. The van der Waals surface area contributed by atoms with Gasteiger partial charge in [-0.1, -0.05) is 12.1 Å². The number of nitrogens with zero attached hydrogens (tertiary/aromatic N) is 2. The van der Waals surface area contributed by atoms with Gasteiger partial charge in [0, 0.05) is 17.7 Å². The molecule has 0 spiro atoms. The van der Waals surface area contributed by atoms with E-state index < -0.39 is 11.0 Å². The topological polar surface area (TPSA) is 85.4 Å². The molecule has 0 aliphatic carbocycles. The Bertz CT molecular complexity index is 720. The van der Waals surface area contributed by atoms with Gasteiger partial charge >= 0.3 is 0 Å². The average molecular weight is 298 g/mol. The van der Waals surface area contributed by atoms with Crippen LogP contribution < -0.4 is 9.47 Å². The Kier molecular flexibility index (Phi) is 4.59. The Morgan fingerprint density at radius 2 is 1.91 bits per heavy atom. The fourth-order valence-electron chi connectivity index (χ4n) is 1.95. The van der Waals surface area contributed by atoms with Gasteiger partial charge in [-0.2, -0.15) is 5.26 Å². The van der Waals surface area contributed by atoms with Crippen molar-refractivity contribution in [2.45, 2.75) is 13.0 Å². The molecule has 0 radical (unpaired) electrons. The van der Waals surface area contributed by atoms with E-state index in [1.807, 2.05) is 6.07 Å². The van der Waals surface area contributed by atoms with Gasteiger partial charge in [-0.25, -0.2) is 0 Å². The van der Waals surface area contributed by atoms with Crippen LogP contribution in [0.4, 0.5) is 5.69 Å². The minimum absolute atomic E-state index is 0.0391. The van der Waals surface area contributed by atoms with E-state index >= 15 is 0 Å². The molecule has 1 atom stereocenters. The summed E-state index contributed by atoms with van der Waals surface area (Å²) in [6.45, 7) is 1.61. The third kappa shape index (κ3) is 3.33. The van der Waals surface area contributed by atoms with Crippen LogP contribution in [-0.2, 0) is 0 Å². The molecular formula is C16H14N2O4. The molecule has 2 aromatic rings. The lowest BCUT2D eigenvalue weighted by Crippen LogP contribution is -2.09. The number of non-ortho nitro benzene ring substituents is 1. The zero-order chi connectivity index (χ0) is 16.1. The van der Waals surface area contributed by atoms with Crippen molar-refractivity contribution in [2.75, 3.05) is 7.11 Å². The summed E-state index contributed by atoms with van der Waals surface area (Å²) < 4.78 is 10.6. The molecule has 0 aromatic heterocycles. The first kappa shape index (κ1) is 15.3. The van der Waals surface area contributed by atoms with Gasteiger partial charge < -0.3 is 9.47 Å². The van der Waals surface area contributed by atoms with Crippen LogP contribution in [0.1, 0.15) is 6.92 Å². The maximum absolute atomic E-state index is 11.0. The highest BCUT2D eigenvalue weighted by Gasteiger charge is 2.15.